The summed E-state index contributed by atoms with van der Waals surface area (Å²) in [5, 5.41) is 1.16. The number of rotatable bonds is 4. The van der Waals surface area contributed by atoms with Gasteiger partial charge >= 0.3 is 0 Å². The molecular weight excluding hydrogens is 192 g/mol. The van der Waals surface area contributed by atoms with E-state index in [-0.39, 0.29) is 5.91 Å². The van der Waals surface area contributed by atoms with Gasteiger partial charge in [0, 0.05) is 12.7 Å². The highest BCUT2D eigenvalue weighted by Gasteiger charge is 2.10. The Hall–Kier alpha value is -1.39. The molecule has 0 bridgehead atoms. The number of nitrogens with two attached hydrogens (primary N) is 1. The van der Waals surface area contributed by atoms with Crippen molar-refractivity contribution in [2.75, 3.05) is 20.3 Å². The number of hydrogen-bond acceptors (Lipinski definition) is 3. The standard InChI is InChI=1S/C11H16N2O2/c1-9-3-5-10(6-4-9)11(14)13(12)7-8-15-2/h3-6H,7-8,12H2,1-2H3. The molecule has 0 radical (unpaired) electrons. The van der Waals surface area contributed by atoms with Crippen molar-refractivity contribution in [3.63, 3.8) is 0 Å². The summed E-state index contributed by atoms with van der Waals surface area (Å²) in [6.45, 7) is 2.80. The van der Waals surface area contributed by atoms with Crippen LogP contribution < -0.4 is 5.84 Å². The van der Waals surface area contributed by atoms with Crippen LogP contribution in [0.1, 0.15) is 15.9 Å². The lowest BCUT2D eigenvalue weighted by atomic mass is 10.1. The van der Waals surface area contributed by atoms with Gasteiger partial charge in [-0.3, -0.25) is 9.80 Å². The molecule has 1 rings (SSSR count). The highest BCUT2D eigenvalue weighted by molar-refractivity contribution is 5.93. The first-order chi connectivity index (χ1) is 7.15. The molecule has 0 fully saturated rings. The maximum atomic E-state index is 11.7. The fourth-order valence-corrected chi connectivity index (χ4v) is 1.15. The lowest BCUT2D eigenvalue weighted by Gasteiger charge is -2.15. The van der Waals surface area contributed by atoms with Crippen molar-refractivity contribution in [2.24, 2.45) is 5.84 Å². The van der Waals surface area contributed by atoms with Gasteiger partial charge in [0.05, 0.1) is 13.2 Å². The van der Waals surface area contributed by atoms with Crippen LogP contribution in [0.15, 0.2) is 24.3 Å². The summed E-state index contributed by atoms with van der Waals surface area (Å²) in [5.41, 5.74) is 1.71. The molecule has 1 amide bonds. The Kier molecular flexibility index (Phi) is 4.27. The number of amides is 1. The van der Waals surface area contributed by atoms with Crippen LogP contribution in [0.4, 0.5) is 0 Å². The molecule has 0 spiro atoms. The first kappa shape index (κ1) is 11.7. The molecule has 15 heavy (non-hydrogen) atoms. The van der Waals surface area contributed by atoms with Gasteiger partial charge in [0.15, 0.2) is 0 Å². The van der Waals surface area contributed by atoms with E-state index in [0.717, 1.165) is 10.6 Å². The van der Waals surface area contributed by atoms with Gasteiger partial charge in [-0.1, -0.05) is 17.7 Å². The lowest BCUT2D eigenvalue weighted by Crippen LogP contribution is -2.39. The van der Waals surface area contributed by atoms with Gasteiger partial charge in [0.25, 0.3) is 5.91 Å². The number of methoxy groups -OCH3 is 1. The summed E-state index contributed by atoms with van der Waals surface area (Å²) < 4.78 is 4.84. The summed E-state index contributed by atoms with van der Waals surface area (Å²) in [6.07, 6.45) is 0. The molecule has 0 aliphatic rings. The summed E-state index contributed by atoms with van der Waals surface area (Å²) in [5.74, 6) is 5.39. The van der Waals surface area contributed by atoms with E-state index in [1.165, 1.54) is 0 Å². The number of nitrogens with zero attached hydrogens (tertiary/aromatic N) is 1. The molecular formula is C11H16N2O2. The molecule has 4 nitrogen and oxygen atoms in total. The van der Waals surface area contributed by atoms with Crippen molar-refractivity contribution in [1.82, 2.24) is 5.01 Å². The predicted octanol–water partition coefficient (Wildman–Crippen LogP) is 0.957. The van der Waals surface area contributed by atoms with Crippen LogP contribution in [0.3, 0.4) is 0 Å². The monoisotopic (exact) mass is 208 g/mol. The number of carbonyl (C=O) groups excluding carboxylic acids is 1. The maximum Gasteiger partial charge on any atom is 0.267 e. The molecule has 0 aliphatic carbocycles. The van der Waals surface area contributed by atoms with Gasteiger partial charge in [-0.2, -0.15) is 0 Å². The molecule has 4 heteroatoms. The Labute approximate surface area is 89.6 Å². The zero-order valence-electron chi connectivity index (χ0n) is 9.06. The van der Waals surface area contributed by atoms with E-state index in [2.05, 4.69) is 0 Å². The number of hydrogen-bond donors (Lipinski definition) is 1. The molecule has 0 heterocycles. The highest BCUT2D eigenvalue weighted by Crippen LogP contribution is 2.04. The number of hydrazine groups is 1. The van der Waals surface area contributed by atoms with Crippen molar-refractivity contribution in [3.8, 4) is 0 Å². The Morgan fingerprint density at radius 1 is 1.40 bits per heavy atom. The fraction of sp³-hybridized carbons (Fsp3) is 0.364. The lowest BCUT2D eigenvalue weighted by molar-refractivity contribution is 0.0695. The molecule has 0 saturated carbocycles. The van der Waals surface area contributed by atoms with E-state index in [9.17, 15) is 4.79 Å². The van der Waals surface area contributed by atoms with Crippen molar-refractivity contribution in [2.45, 2.75) is 6.92 Å². The van der Waals surface area contributed by atoms with Gasteiger partial charge in [0.2, 0.25) is 0 Å². The van der Waals surface area contributed by atoms with E-state index in [4.69, 9.17) is 10.6 Å². The van der Waals surface area contributed by atoms with Crippen molar-refractivity contribution in [1.29, 1.82) is 0 Å². The van der Waals surface area contributed by atoms with Gasteiger partial charge in [0.1, 0.15) is 0 Å². The second-order valence-corrected chi connectivity index (χ2v) is 3.36. The van der Waals surface area contributed by atoms with Crippen LogP contribution in [0.5, 0.6) is 0 Å². The molecule has 0 aliphatic heterocycles. The summed E-state index contributed by atoms with van der Waals surface area (Å²) in [7, 11) is 1.57. The second-order valence-electron chi connectivity index (χ2n) is 3.36. The van der Waals surface area contributed by atoms with Crippen LogP contribution in [0.25, 0.3) is 0 Å². The van der Waals surface area contributed by atoms with E-state index >= 15 is 0 Å². The average molecular weight is 208 g/mol. The number of ether oxygens (including phenoxy) is 1. The average Bonchev–Trinajstić information content (AvgIpc) is 2.26. The van der Waals surface area contributed by atoms with Crippen LogP contribution in [0.2, 0.25) is 0 Å². The molecule has 0 aromatic heterocycles. The minimum atomic E-state index is -0.188. The Morgan fingerprint density at radius 3 is 2.53 bits per heavy atom. The topological polar surface area (TPSA) is 55.6 Å². The Bertz CT molecular complexity index is 322. The first-order valence-electron chi connectivity index (χ1n) is 4.77. The molecule has 82 valence electrons. The summed E-state index contributed by atoms with van der Waals surface area (Å²) in [6, 6.07) is 7.31. The second kappa shape index (κ2) is 5.48. The smallest absolute Gasteiger partial charge is 0.267 e. The fourth-order valence-electron chi connectivity index (χ4n) is 1.15. The van der Waals surface area contributed by atoms with Crippen molar-refractivity contribution >= 4 is 5.91 Å². The van der Waals surface area contributed by atoms with Crippen LogP contribution >= 0.6 is 0 Å². The van der Waals surface area contributed by atoms with Gasteiger partial charge in [-0.15, -0.1) is 0 Å². The third-order valence-electron chi connectivity index (χ3n) is 2.10. The van der Waals surface area contributed by atoms with Crippen molar-refractivity contribution < 1.29 is 9.53 Å². The summed E-state index contributed by atoms with van der Waals surface area (Å²) in [4.78, 5) is 11.7. The normalized spacial score (nSPS) is 10.1. The molecule has 0 atom stereocenters. The van der Waals surface area contributed by atoms with Crippen molar-refractivity contribution in [3.05, 3.63) is 35.4 Å². The van der Waals surface area contributed by atoms with Gasteiger partial charge < -0.3 is 4.74 Å². The third kappa shape index (κ3) is 3.34. The first-order valence-corrected chi connectivity index (χ1v) is 4.77. The third-order valence-corrected chi connectivity index (χ3v) is 2.10. The van der Waals surface area contributed by atoms with Crippen LogP contribution in [-0.2, 0) is 4.74 Å². The van der Waals surface area contributed by atoms with Gasteiger partial charge in [-0.25, -0.2) is 5.84 Å². The van der Waals surface area contributed by atoms with E-state index < -0.39 is 0 Å². The quantitative estimate of drug-likeness (QED) is 0.455. The molecule has 1 aromatic carbocycles. The number of benzene rings is 1. The van der Waals surface area contributed by atoms with Gasteiger partial charge in [-0.05, 0) is 19.1 Å². The summed E-state index contributed by atoms with van der Waals surface area (Å²) >= 11 is 0. The van der Waals surface area contributed by atoms with E-state index in [0.29, 0.717) is 18.7 Å². The van der Waals surface area contributed by atoms with E-state index in [1.807, 2.05) is 19.1 Å². The predicted molar refractivity (Wildman–Crippen MR) is 58.3 cm³/mol. The minimum absolute atomic E-state index is 0.188. The molecule has 0 saturated heterocycles. The maximum absolute atomic E-state index is 11.7. The zero-order chi connectivity index (χ0) is 11.3. The number of carbonyl (C=O) groups is 1. The van der Waals surface area contributed by atoms with Crippen LogP contribution in [0, 0.1) is 6.92 Å². The number of aryl methyl sites for hydroxylation is 1. The Morgan fingerprint density at radius 2 is 2.00 bits per heavy atom. The minimum Gasteiger partial charge on any atom is -0.383 e. The van der Waals surface area contributed by atoms with E-state index in [1.54, 1.807) is 19.2 Å². The zero-order valence-corrected chi connectivity index (χ0v) is 9.06. The Balaban J connectivity index is 2.63. The largest absolute Gasteiger partial charge is 0.383 e. The SMILES string of the molecule is COCCN(N)C(=O)c1ccc(C)cc1. The van der Waals surface area contributed by atoms with Crippen LogP contribution in [-0.4, -0.2) is 31.2 Å². The highest BCUT2D eigenvalue weighted by atomic mass is 16.5. The molecule has 2 N–H and O–H groups in total. The molecule has 0 unspecified atom stereocenters. The molecule has 1 aromatic rings.